The maximum Gasteiger partial charge on any atom is 0.259 e. The van der Waals surface area contributed by atoms with E-state index in [1.54, 1.807) is 25.4 Å². The van der Waals surface area contributed by atoms with Crippen molar-refractivity contribution in [2.24, 2.45) is 0 Å². The first-order valence-corrected chi connectivity index (χ1v) is 8.98. The Morgan fingerprint density at radius 2 is 2.16 bits per heavy atom. The van der Waals surface area contributed by atoms with Crippen LogP contribution in [0.2, 0.25) is 0 Å². The lowest BCUT2D eigenvalue weighted by molar-refractivity contribution is 0.102. The number of fused-ring (bicyclic) bond motifs is 1. The fourth-order valence-electron chi connectivity index (χ4n) is 3.00. The van der Waals surface area contributed by atoms with Gasteiger partial charge in [0.1, 0.15) is 11.1 Å². The molecule has 0 aliphatic carbocycles. The molecule has 2 aromatic heterocycles. The van der Waals surface area contributed by atoms with Crippen molar-refractivity contribution >= 4 is 23.4 Å². The number of thioether (sulfide) groups is 1. The molecular weight excluding hydrogens is 334 g/mol. The minimum atomic E-state index is -0.165. The van der Waals surface area contributed by atoms with Gasteiger partial charge in [-0.3, -0.25) is 9.78 Å². The number of aromatic nitrogens is 2. The van der Waals surface area contributed by atoms with E-state index in [2.05, 4.69) is 20.9 Å². The molecule has 1 aliphatic heterocycles. The summed E-state index contributed by atoms with van der Waals surface area (Å²) >= 11 is 1.82. The number of para-hydroxylation sites is 1. The van der Waals surface area contributed by atoms with E-state index in [1.807, 2.05) is 48.4 Å². The smallest absolute Gasteiger partial charge is 0.259 e. The molecule has 3 aromatic rings. The molecule has 4 rings (SSSR count). The Morgan fingerprint density at radius 3 is 2.96 bits per heavy atom. The molecule has 1 aromatic carbocycles. The first kappa shape index (κ1) is 15.8. The second kappa shape index (κ2) is 6.64. The molecule has 1 unspecified atom stereocenters. The summed E-state index contributed by atoms with van der Waals surface area (Å²) in [6.07, 6.45) is 5.68. The molecule has 1 N–H and O–H groups in total. The van der Waals surface area contributed by atoms with Gasteiger partial charge in [0.25, 0.3) is 5.91 Å². The maximum atomic E-state index is 12.6. The highest BCUT2D eigenvalue weighted by molar-refractivity contribution is 7.99. The zero-order valence-corrected chi connectivity index (χ0v) is 14.5. The number of carbonyl (C=O) groups is 1. The van der Waals surface area contributed by atoms with Crippen molar-refractivity contribution in [3.8, 4) is 5.75 Å². The molecule has 0 radical (unpaired) electrons. The molecule has 1 amide bonds. The van der Waals surface area contributed by atoms with Crippen molar-refractivity contribution in [2.45, 2.75) is 11.1 Å². The summed E-state index contributed by atoms with van der Waals surface area (Å²) in [5.74, 6) is 1.24. The van der Waals surface area contributed by atoms with Gasteiger partial charge in [-0.2, -0.15) is 0 Å². The standard InChI is InChI=1S/C19H17N3O2S/c1-24-17-7-3-2-6-14(17)18(23)21-15-8-10-22-16(15)12-25-19(22)13-5-4-9-20-11-13/h2-11,19H,12H2,1H3,(H,21,23). The van der Waals surface area contributed by atoms with E-state index < -0.39 is 0 Å². The summed E-state index contributed by atoms with van der Waals surface area (Å²) in [4.78, 5) is 16.8. The fraction of sp³-hybridized carbons (Fsp3) is 0.158. The Kier molecular flexibility index (Phi) is 4.19. The Balaban J connectivity index is 1.59. The zero-order valence-electron chi connectivity index (χ0n) is 13.7. The van der Waals surface area contributed by atoms with Gasteiger partial charge in [0.2, 0.25) is 0 Å². The Hall–Kier alpha value is -2.73. The molecule has 0 saturated carbocycles. The number of methoxy groups -OCH3 is 1. The van der Waals surface area contributed by atoms with Gasteiger partial charge >= 0.3 is 0 Å². The molecule has 1 aliphatic rings. The largest absolute Gasteiger partial charge is 0.496 e. The van der Waals surface area contributed by atoms with Crippen molar-refractivity contribution in [3.63, 3.8) is 0 Å². The number of ether oxygens (including phenoxy) is 1. The van der Waals surface area contributed by atoms with E-state index in [0.29, 0.717) is 11.3 Å². The van der Waals surface area contributed by atoms with Crippen LogP contribution in [0.4, 0.5) is 5.69 Å². The second-order valence-electron chi connectivity index (χ2n) is 5.69. The second-order valence-corrected chi connectivity index (χ2v) is 6.76. The molecule has 0 bridgehead atoms. The zero-order chi connectivity index (χ0) is 17.2. The van der Waals surface area contributed by atoms with Crippen LogP contribution < -0.4 is 10.1 Å². The number of hydrogen-bond acceptors (Lipinski definition) is 4. The highest BCUT2D eigenvalue weighted by Crippen LogP contribution is 2.43. The number of pyridine rings is 1. The van der Waals surface area contributed by atoms with Gasteiger partial charge in [0, 0.05) is 29.9 Å². The van der Waals surface area contributed by atoms with Crippen LogP contribution in [-0.4, -0.2) is 22.6 Å². The minimum Gasteiger partial charge on any atom is -0.496 e. The van der Waals surface area contributed by atoms with Crippen molar-refractivity contribution in [1.82, 2.24) is 9.55 Å². The number of benzene rings is 1. The van der Waals surface area contributed by atoms with Crippen molar-refractivity contribution in [2.75, 3.05) is 12.4 Å². The van der Waals surface area contributed by atoms with Gasteiger partial charge < -0.3 is 14.6 Å². The van der Waals surface area contributed by atoms with Gasteiger partial charge in [-0.05, 0) is 24.3 Å². The summed E-state index contributed by atoms with van der Waals surface area (Å²) < 4.78 is 7.47. The number of nitrogens with zero attached hydrogens (tertiary/aromatic N) is 2. The molecule has 25 heavy (non-hydrogen) atoms. The van der Waals surface area contributed by atoms with Crippen LogP contribution in [0.5, 0.6) is 5.75 Å². The minimum absolute atomic E-state index is 0.165. The molecule has 5 nitrogen and oxygen atoms in total. The van der Waals surface area contributed by atoms with E-state index in [0.717, 1.165) is 22.7 Å². The van der Waals surface area contributed by atoms with E-state index in [1.165, 1.54) is 0 Å². The third-order valence-electron chi connectivity index (χ3n) is 4.22. The molecule has 1 atom stereocenters. The summed E-state index contributed by atoms with van der Waals surface area (Å²) in [7, 11) is 1.57. The number of hydrogen-bond donors (Lipinski definition) is 1. The summed E-state index contributed by atoms with van der Waals surface area (Å²) in [5.41, 5.74) is 3.64. The monoisotopic (exact) mass is 351 g/mol. The highest BCUT2D eigenvalue weighted by atomic mass is 32.2. The average Bonchev–Trinajstić information content (AvgIpc) is 3.25. The van der Waals surface area contributed by atoms with Crippen LogP contribution in [0.1, 0.15) is 27.0 Å². The molecule has 3 heterocycles. The SMILES string of the molecule is COc1ccccc1C(=O)Nc1ccn2c1CSC2c1cccnc1. The van der Waals surface area contributed by atoms with Crippen LogP contribution in [0.15, 0.2) is 61.1 Å². The quantitative estimate of drug-likeness (QED) is 0.774. The van der Waals surface area contributed by atoms with Gasteiger partial charge in [0.05, 0.1) is 24.1 Å². The molecule has 0 saturated heterocycles. The van der Waals surface area contributed by atoms with Crippen LogP contribution in [0.3, 0.4) is 0 Å². The third-order valence-corrected chi connectivity index (χ3v) is 5.48. The Bertz CT molecular complexity index is 908. The molecule has 0 fully saturated rings. The first-order valence-electron chi connectivity index (χ1n) is 7.93. The topological polar surface area (TPSA) is 56.1 Å². The third kappa shape index (κ3) is 2.89. The first-order chi connectivity index (χ1) is 12.3. The van der Waals surface area contributed by atoms with Crippen LogP contribution in [0.25, 0.3) is 0 Å². The lowest BCUT2D eigenvalue weighted by Gasteiger charge is -2.12. The lowest BCUT2D eigenvalue weighted by Crippen LogP contribution is -2.13. The van der Waals surface area contributed by atoms with Gasteiger partial charge in [0.15, 0.2) is 0 Å². The molecule has 126 valence electrons. The number of nitrogens with one attached hydrogen (secondary N) is 1. The molecule has 6 heteroatoms. The summed E-state index contributed by atoms with van der Waals surface area (Å²) in [5, 5.41) is 3.21. The van der Waals surface area contributed by atoms with Crippen LogP contribution >= 0.6 is 11.8 Å². The van der Waals surface area contributed by atoms with Crippen molar-refractivity contribution < 1.29 is 9.53 Å². The number of rotatable bonds is 4. The van der Waals surface area contributed by atoms with Gasteiger partial charge in [-0.1, -0.05) is 18.2 Å². The maximum absolute atomic E-state index is 12.6. The van der Waals surface area contributed by atoms with Gasteiger partial charge in [-0.25, -0.2) is 0 Å². The molecular formula is C19H17N3O2S. The average molecular weight is 351 g/mol. The van der Waals surface area contributed by atoms with E-state index >= 15 is 0 Å². The van der Waals surface area contributed by atoms with E-state index in [-0.39, 0.29) is 11.3 Å². The molecule has 0 spiro atoms. The van der Waals surface area contributed by atoms with Crippen molar-refractivity contribution in [1.29, 1.82) is 0 Å². The number of anilines is 1. The summed E-state index contributed by atoms with van der Waals surface area (Å²) in [6.45, 7) is 0. The van der Waals surface area contributed by atoms with Crippen LogP contribution in [-0.2, 0) is 5.75 Å². The van der Waals surface area contributed by atoms with E-state index in [4.69, 9.17) is 4.74 Å². The van der Waals surface area contributed by atoms with Crippen molar-refractivity contribution in [3.05, 3.63) is 77.9 Å². The van der Waals surface area contributed by atoms with Crippen LogP contribution in [0, 0.1) is 0 Å². The normalized spacial score (nSPS) is 15.6. The Labute approximate surface area is 150 Å². The summed E-state index contributed by atoms with van der Waals surface area (Å²) in [6, 6.07) is 13.2. The number of carbonyl (C=O) groups excluding carboxylic acids is 1. The Morgan fingerprint density at radius 1 is 1.28 bits per heavy atom. The number of amides is 1. The predicted molar refractivity (Wildman–Crippen MR) is 99.1 cm³/mol. The predicted octanol–water partition coefficient (Wildman–Crippen LogP) is 3.94. The highest BCUT2D eigenvalue weighted by Gasteiger charge is 2.27. The fourth-order valence-corrected chi connectivity index (χ4v) is 4.32. The van der Waals surface area contributed by atoms with Gasteiger partial charge in [-0.15, -0.1) is 11.8 Å². The van der Waals surface area contributed by atoms with E-state index in [9.17, 15) is 4.79 Å². The lowest BCUT2D eigenvalue weighted by atomic mass is 10.2.